The summed E-state index contributed by atoms with van der Waals surface area (Å²) in [6.45, 7) is 9.26. The molecule has 2 aliphatic heterocycles. The molecule has 1 atom stereocenters. The Morgan fingerprint density at radius 2 is 1.58 bits per heavy atom. The lowest BCUT2D eigenvalue weighted by Crippen LogP contribution is -2.57. The normalized spacial score (nSPS) is 32.1. The number of nitrogens with zero attached hydrogens (tertiary/aromatic N) is 1. The molecule has 4 rings (SSSR count). The Morgan fingerprint density at radius 3 is 1.68 bits per heavy atom. The zero-order valence-corrected chi connectivity index (χ0v) is 13.3. The standard InChI is InChI=1S/C7H13N.C5H10O.C5H10/c1-8-5-7(6-8)3-2-4-7;1-5-2-3-6-4-5;1-5-3-2-4-5/h2-6H2,1H3;5H,2-4H2,1H3;5H,2-4H2,1H3. The van der Waals surface area contributed by atoms with Crippen LogP contribution in [0, 0.1) is 17.3 Å². The van der Waals surface area contributed by atoms with Gasteiger partial charge in [-0.25, -0.2) is 0 Å². The monoisotopic (exact) mass is 267 g/mol. The van der Waals surface area contributed by atoms with Crippen molar-refractivity contribution in [2.24, 2.45) is 17.3 Å². The minimum absolute atomic E-state index is 0.824. The zero-order valence-electron chi connectivity index (χ0n) is 13.3. The van der Waals surface area contributed by atoms with Gasteiger partial charge in [-0.15, -0.1) is 0 Å². The minimum atomic E-state index is 0.824. The van der Waals surface area contributed by atoms with Crippen LogP contribution >= 0.6 is 0 Å². The van der Waals surface area contributed by atoms with E-state index in [0.717, 1.165) is 30.5 Å². The van der Waals surface area contributed by atoms with Crippen molar-refractivity contribution in [1.29, 1.82) is 0 Å². The highest BCUT2D eigenvalue weighted by Crippen LogP contribution is 2.47. The maximum Gasteiger partial charge on any atom is 0.0492 e. The summed E-state index contributed by atoms with van der Waals surface area (Å²) in [5.74, 6) is 1.89. The maximum atomic E-state index is 5.06. The smallest absolute Gasteiger partial charge is 0.0492 e. The molecule has 2 nitrogen and oxygen atoms in total. The fraction of sp³-hybridized carbons (Fsp3) is 1.00. The molecule has 4 aliphatic rings. The average Bonchev–Trinajstić information content (AvgIpc) is 2.72. The number of ether oxygens (including phenoxy) is 1. The highest BCUT2D eigenvalue weighted by molar-refractivity contribution is 4.98. The van der Waals surface area contributed by atoms with Crippen LogP contribution < -0.4 is 0 Å². The van der Waals surface area contributed by atoms with Crippen LogP contribution in [0.2, 0.25) is 0 Å². The molecular weight excluding hydrogens is 234 g/mol. The quantitative estimate of drug-likeness (QED) is 0.659. The van der Waals surface area contributed by atoms with Gasteiger partial charge in [0, 0.05) is 26.3 Å². The largest absolute Gasteiger partial charge is 0.381 e. The highest BCUT2D eigenvalue weighted by Gasteiger charge is 2.45. The van der Waals surface area contributed by atoms with Gasteiger partial charge in [-0.3, -0.25) is 0 Å². The molecule has 2 heterocycles. The van der Waals surface area contributed by atoms with E-state index in [1.807, 2.05) is 0 Å². The first-order chi connectivity index (χ1) is 9.10. The fourth-order valence-electron chi connectivity index (χ4n) is 3.36. The molecule has 2 aliphatic carbocycles. The van der Waals surface area contributed by atoms with Crippen molar-refractivity contribution in [2.45, 2.75) is 58.8 Å². The molecule has 0 aromatic carbocycles. The van der Waals surface area contributed by atoms with Gasteiger partial charge in [-0.1, -0.05) is 39.5 Å². The second-order valence-electron chi connectivity index (χ2n) is 7.53. The zero-order chi connectivity index (χ0) is 13.7. The Morgan fingerprint density at radius 1 is 0.947 bits per heavy atom. The Balaban J connectivity index is 0.000000109. The third kappa shape index (κ3) is 4.75. The molecular formula is C17H33NO. The molecule has 2 heteroatoms. The maximum absolute atomic E-state index is 5.06. The van der Waals surface area contributed by atoms with Crippen molar-refractivity contribution in [1.82, 2.24) is 4.90 Å². The summed E-state index contributed by atoms with van der Waals surface area (Å²) in [7, 11) is 2.21. The second kappa shape index (κ2) is 7.08. The van der Waals surface area contributed by atoms with Gasteiger partial charge in [0.05, 0.1) is 0 Å². The summed E-state index contributed by atoms with van der Waals surface area (Å²) in [6, 6.07) is 0. The van der Waals surface area contributed by atoms with Crippen LogP contribution in [0.15, 0.2) is 0 Å². The molecule has 0 N–H and O–H groups in total. The molecule has 1 spiro atoms. The summed E-state index contributed by atoms with van der Waals surface area (Å²) >= 11 is 0. The van der Waals surface area contributed by atoms with Crippen molar-refractivity contribution >= 4 is 0 Å². The van der Waals surface area contributed by atoms with Crippen LogP contribution in [0.25, 0.3) is 0 Å². The third-order valence-corrected chi connectivity index (χ3v) is 5.18. The molecule has 0 amide bonds. The molecule has 2 saturated carbocycles. The first-order valence-corrected chi connectivity index (χ1v) is 8.36. The topological polar surface area (TPSA) is 12.5 Å². The summed E-state index contributed by atoms with van der Waals surface area (Å²) in [6.07, 6.45) is 10.2. The van der Waals surface area contributed by atoms with Crippen molar-refractivity contribution in [3.63, 3.8) is 0 Å². The number of likely N-dealkylation sites (tertiary alicyclic amines) is 1. The lowest BCUT2D eigenvalue weighted by Gasteiger charge is -2.54. The SMILES string of the molecule is CC1CCC1.CC1CCOC1.CN1CC2(CCC2)C1. The molecule has 0 bridgehead atoms. The Hall–Kier alpha value is -0.0800. The molecule has 0 radical (unpaired) electrons. The van der Waals surface area contributed by atoms with E-state index in [2.05, 4.69) is 25.8 Å². The van der Waals surface area contributed by atoms with Crippen LogP contribution in [0.1, 0.15) is 58.8 Å². The van der Waals surface area contributed by atoms with E-state index < -0.39 is 0 Å². The van der Waals surface area contributed by atoms with E-state index >= 15 is 0 Å². The van der Waals surface area contributed by atoms with E-state index in [1.165, 1.54) is 58.0 Å². The lowest BCUT2D eigenvalue weighted by atomic mass is 9.64. The van der Waals surface area contributed by atoms with Crippen LogP contribution in [0.4, 0.5) is 0 Å². The predicted molar refractivity (Wildman–Crippen MR) is 81.4 cm³/mol. The Kier molecular flexibility index (Phi) is 5.70. The van der Waals surface area contributed by atoms with Crippen molar-refractivity contribution in [3.05, 3.63) is 0 Å². The van der Waals surface area contributed by atoms with E-state index in [9.17, 15) is 0 Å². The van der Waals surface area contributed by atoms with E-state index in [-0.39, 0.29) is 0 Å². The summed E-state index contributed by atoms with van der Waals surface area (Å²) in [5.41, 5.74) is 0.842. The van der Waals surface area contributed by atoms with Gasteiger partial charge in [-0.05, 0) is 43.6 Å². The van der Waals surface area contributed by atoms with Gasteiger partial charge < -0.3 is 9.64 Å². The Bertz CT molecular complexity index is 244. The van der Waals surface area contributed by atoms with E-state index in [0.29, 0.717) is 0 Å². The van der Waals surface area contributed by atoms with Crippen molar-refractivity contribution in [2.75, 3.05) is 33.4 Å². The van der Waals surface area contributed by atoms with Gasteiger partial charge >= 0.3 is 0 Å². The molecule has 1 unspecified atom stereocenters. The summed E-state index contributed by atoms with van der Waals surface area (Å²) in [5, 5.41) is 0. The Labute approximate surface area is 119 Å². The number of rotatable bonds is 0. The van der Waals surface area contributed by atoms with Crippen LogP contribution in [-0.2, 0) is 4.74 Å². The lowest BCUT2D eigenvalue weighted by molar-refractivity contribution is -0.0436. The van der Waals surface area contributed by atoms with Crippen LogP contribution in [0.3, 0.4) is 0 Å². The highest BCUT2D eigenvalue weighted by atomic mass is 16.5. The van der Waals surface area contributed by atoms with Gasteiger partial charge in [-0.2, -0.15) is 0 Å². The van der Waals surface area contributed by atoms with Crippen LogP contribution in [0.5, 0.6) is 0 Å². The van der Waals surface area contributed by atoms with Gasteiger partial charge in [0.25, 0.3) is 0 Å². The summed E-state index contributed by atoms with van der Waals surface area (Å²) in [4.78, 5) is 2.42. The molecule has 4 fully saturated rings. The number of hydrogen-bond acceptors (Lipinski definition) is 2. The predicted octanol–water partition coefficient (Wildman–Crippen LogP) is 3.95. The van der Waals surface area contributed by atoms with Gasteiger partial charge in [0.1, 0.15) is 0 Å². The second-order valence-corrected chi connectivity index (χ2v) is 7.53. The van der Waals surface area contributed by atoms with Crippen molar-refractivity contribution < 1.29 is 4.74 Å². The van der Waals surface area contributed by atoms with E-state index in [4.69, 9.17) is 4.74 Å². The van der Waals surface area contributed by atoms with Crippen LogP contribution in [-0.4, -0.2) is 38.3 Å². The van der Waals surface area contributed by atoms with E-state index in [1.54, 1.807) is 0 Å². The fourth-order valence-corrected chi connectivity index (χ4v) is 3.36. The third-order valence-electron chi connectivity index (χ3n) is 5.18. The van der Waals surface area contributed by atoms with Gasteiger partial charge in [0.2, 0.25) is 0 Å². The molecule has 0 aromatic rings. The molecule has 2 saturated heterocycles. The number of hydrogen-bond donors (Lipinski definition) is 0. The summed E-state index contributed by atoms with van der Waals surface area (Å²) < 4.78 is 5.06. The average molecular weight is 267 g/mol. The van der Waals surface area contributed by atoms with Crippen molar-refractivity contribution in [3.8, 4) is 0 Å². The van der Waals surface area contributed by atoms with Gasteiger partial charge in [0.15, 0.2) is 0 Å². The molecule has 112 valence electrons. The molecule has 0 aromatic heterocycles. The first kappa shape index (κ1) is 15.3. The minimum Gasteiger partial charge on any atom is -0.381 e. The molecule has 19 heavy (non-hydrogen) atoms. The first-order valence-electron chi connectivity index (χ1n) is 8.36.